The molecular formula is C21H21N3O3. The first kappa shape index (κ1) is 17.1. The zero-order valence-corrected chi connectivity index (χ0v) is 15.6. The fourth-order valence-electron chi connectivity index (χ4n) is 3.22. The van der Waals surface area contributed by atoms with E-state index in [9.17, 15) is 0 Å². The van der Waals surface area contributed by atoms with Crippen molar-refractivity contribution in [3.8, 4) is 11.5 Å². The lowest BCUT2D eigenvalue weighted by molar-refractivity contribution is 0.354. The number of hydrogen-bond acceptors (Lipinski definition) is 6. The van der Waals surface area contributed by atoms with Crippen LogP contribution in [-0.2, 0) is 6.42 Å². The van der Waals surface area contributed by atoms with Crippen molar-refractivity contribution in [2.75, 3.05) is 32.7 Å². The predicted octanol–water partition coefficient (Wildman–Crippen LogP) is 4.07. The van der Waals surface area contributed by atoms with Crippen LogP contribution >= 0.6 is 0 Å². The van der Waals surface area contributed by atoms with E-state index in [1.807, 2.05) is 49.5 Å². The van der Waals surface area contributed by atoms with Crippen LogP contribution in [0.1, 0.15) is 5.56 Å². The third-order valence-electron chi connectivity index (χ3n) is 4.68. The van der Waals surface area contributed by atoms with Crippen molar-refractivity contribution in [1.82, 2.24) is 9.97 Å². The van der Waals surface area contributed by atoms with Crippen molar-refractivity contribution >= 4 is 27.9 Å². The molecule has 27 heavy (non-hydrogen) atoms. The van der Waals surface area contributed by atoms with Crippen LogP contribution in [0.5, 0.6) is 11.5 Å². The van der Waals surface area contributed by atoms with Gasteiger partial charge in [0.15, 0.2) is 22.9 Å². The van der Waals surface area contributed by atoms with Crippen LogP contribution in [0, 0.1) is 0 Å². The third-order valence-corrected chi connectivity index (χ3v) is 4.68. The van der Waals surface area contributed by atoms with Gasteiger partial charge in [-0.1, -0.05) is 18.2 Å². The van der Waals surface area contributed by atoms with Gasteiger partial charge >= 0.3 is 0 Å². The lowest BCUT2D eigenvalue weighted by Crippen LogP contribution is -2.21. The maximum Gasteiger partial charge on any atom is 0.196 e. The summed E-state index contributed by atoms with van der Waals surface area (Å²) in [4.78, 5) is 10.9. The highest BCUT2D eigenvalue weighted by Crippen LogP contribution is 2.32. The predicted molar refractivity (Wildman–Crippen MR) is 106 cm³/mol. The van der Waals surface area contributed by atoms with Crippen molar-refractivity contribution in [3.05, 3.63) is 54.4 Å². The van der Waals surface area contributed by atoms with Crippen molar-refractivity contribution in [2.45, 2.75) is 6.42 Å². The van der Waals surface area contributed by atoms with Crippen molar-refractivity contribution < 1.29 is 13.9 Å². The molecule has 4 rings (SSSR count). The first-order valence-electron chi connectivity index (χ1n) is 8.75. The van der Waals surface area contributed by atoms with Gasteiger partial charge in [0.1, 0.15) is 17.4 Å². The molecule has 0 unspecified atom stereocenters. The van der Waals surface area contributed by atoms with E-state index in [0.29, 0.717) is 5.58 Å². The molecule has 0 spiro atoms. The van der Waals surface area contributed by atoms with Crippen LogP contribution in [0.4, 0.5) is 5.82 Å². The van der Waals surface area contributed by atoms with E-state index in [0.717, 1.165) is 52.3 Å². The Morgan fingerprint density at radius 1 is 1.00 bits per heavy atom. The largest absolute Gasteiger partial charge is 0.493 e. The van der Waals surface area contributed by atoms with Gasteiger partial charge in [0.2, 0.25) is 0 Å². The number of methoxy groups -OCH3 is 2. The average molecular weight is 363 g/mol. The number of likely N-dealkylation sites (N-methyl/N-ethyl adjacent to an activating group) is 1. The van der Waals surface area contributed by atoms with Crippen LogP contribution in [0.25, 0.3) is 22.1 Å². The highest BCUT2D eigenvalue weighted by molar-refractivity contribution is 6.05. The molecule has 6 nitrogen and oxygen atoms in total. The van der Waals surface area contributed by atoms with Gasteiger partial charge in [-0.05, 0) is 36.2 Å². The highest BCUT2D eigenvalue weighted by atomic mass is 16.5. The number of rotatable bonds is 6. The van der Waals surface area contributed by atoms with Gasteiger partial charge in [-0.3, -0.25) is 0 Å². The SMILES string of the molecule is COc1ccc(CCN(C)c2ncnc3c2oc2ccccc23)cc1OC. The van der Waals surface area contributed by atoms with E-state index in [1.54, 1.807) is 20.5 Å². The first-order valence-corrected chi connectivity index (χ1v) is 8.75. The number of ether oxygens (including phenoxy) is 2. The Bertz CT molecular complexity index is 1090. The zero-order chi connectivity index (χ0) is 18.8. The molecule has 138 valence electrons. The van der Waals surface area contributed by atoms with Gasteiger partial charge in [0, 0.05) is 19.0 Å². The molecule has 0 bridgehead atoms. The second-order valence-corrected chi connectivity index (χ2v) is 6.33. The van der Waals surface area contributed by atoms with Crippen LogP contribution < -0.4 is 14.4 Å². The lowest BCUT2D eigenvalue weighted by atomic mass is 10.1. The normalized spacial score (nSPS) is 11.1. The van der Waals surface area contributed by atoms with E-state index < -0.39 is 0 Å². The minimum Gasteiger partial charge on any atom is -0.493 e. The summed E-state index contributed by atoms with van der Waals surface area (Å²) in [7, 11) is 5.29. The molecule has 0 saturated carbocycles. The summed E-state index contributed by atoms with van der Waals surface area (Å²) in [5.74, 6) is 2.26. The smallest absolute Gasteiger partial charge is 0.196 e. The zero-order valence-electron chi connectivity index (χ0n) is 15.6. The van der Waals surface area contributed by atoms with Crippen molar-refractivity contribution in [2.24, 2.45) is 0 Å². The maximum absolute atomic E-state index is 6.02. The molecule has 6 heteroatoms. The van der Waals surface area contributed by atoms with Crippen LogP contribution in [0.3, 0.4) is 0 Å². The number of furan rings is 1. The number of anilines is 1. The molecule has 2 aromatic carbocycles. The molecule has 0 aliphatic heterocycles. The number of benzene rings is 2. The standard InChI is InChI=1S/C21H21N3O3/c1-24(11-10-14-8-9-17(25-2)18(12-14)26-3)21-20-19(22-13-23-21)15-6-4-5-7-16(15)27-20/h4-9,12-13H,10-11H2,1-3H3. The highest BCUT2D eigenvalue weighted by Gasteiger charge is 2.16. The third kappa shape index (κ3) is 3.14. The molecule has 0 atom stereocenters. The second kappa shape index (κ2) is 7.15. The number of nitrogens with zero attached hydrogens (tertiary/aromatic N) is 3. The van der Waals surface area contributed by atoms with E-state index in [1.165, 1.54) is 0 Å². The summed E-state index contributed by atoms with van der Waals surface area (Å²) in [6, 6.07) is 13.9. The Kier molecular flexibility index (Phi) is 4.54. The molecule has 0 radical (unpaired) electrons. The summed E-state index contributed by atoms with van der Waals surface area (Å²) in [5, 5.41) is 1.00. The Labute approximate surface area is 157 Å². The second-order valence-electron chi connectivity index (χ2n) is 6.33. The summed E-state index contributed by atoms with van der Waals surface area (Å²) >= 11 is 0. The number of aromatic nitrogens is 2. The topological polar surface area (TPSA) is 60.6 Å². The fraction of sp³-hybridized carbons (Fsp3) is 0.238. The Morgan fingerprint density at radius 2 is 1.81 bits per heavy atom. The Balaban J connectivity index is 1.59. The molecule has 0 N–H and O–H groups in total. The molecule has 0 aliphatic carbocycles. The summed E-state index contributed by atoms with van der Waals surface area (Å²) < 4.78 is 16.7. The van der Waals surface area contributed by atoms with Crippen molar-refractivity contribution in [1.29, 1.82) is 0 Å². The van der Waals surface area contributed by atoms with Gasteiger partial charge in [0.25, 0.3) is 0 Å². The number of fused-ring (bicyclic) bond motifs is 3. The van der Waals surface area contributed by atoms with E-state index in [2.05, 4.69) is 14.9 Å². The van der Waals surface area contributed by atoms with Crippen molar-refractivity contribution in [3.63, 3.8) is 0 Å². The Morgan fingerprint density at radius 3 is 2.63 bits per heavy atom. The molecule has 2 heterocycles. The van der Waals surface area contributed by atoms with Gasteiger partial charge in [-0.2, -0.15) is 0 Å². The Hall–Kier alpha value is -3.28. The summed E-state index contributed by atoms with van der Waals surface area (Å²) in [6.07, 6.45) is 2.43. The number of para-hydroxylation sites is 1. The van der Waals surface area contributed by atoms with Gasteiger partial charge in [0.05, 0.1) is 14.2 Å². The van der Waals surface area contributed by atoms with Crippen LogP contribution in [0.2, 0.25) is 0 Å². The molecular weight excluding hydrogens is 342 g/mol. The van der Waals surface area contributed by atoms with Gasteiger partial charge < -0.3 is 18.8 Å². The minimum absolute atomic E-state index is 0.716. The molecule has 2 aromatic heterocycles. The summed E-state index contributed by atoms with van der Waals surface area (Å²) in [6.45, 7) is 0.776. The minimum atomic E-state index is 0.716. The number of hydrogen-bond donors (Lipinski definition) is 0. The van der Waals surface area contributed by atoms with E-state index in [4.69, 9.17) is 13.9 Å². The molecule has 0 fully saturated rings. The average Bonchev–Trinajstić information content (AvgIpc) is 3.10. The first-order chi connectivity index (χ1) is 13.2. The molecule has 0 saturated heterocycles. The van der Waals surface area contributed by atoms with Gasteiger partial charge in [-0.25, -0.2) is 9.97 Å². The molecule has 0 amide bonds. The van der Waals surface area contributed by atoms with E-state index >= 15 is 0 Å². The van der Waals surface area contributed by atoms with Crippen LogP contribution in [0.15, 0.2) is 53.2 Å². The quantitative estimate of drug-likeness (QED) is 0.515. The monoisotopic (exact) mass is 363 g/mol. The summed E-state index contributed by atoms with van der Waals surface area (Å²) in [5.41, 5.74) is 3.54. The maximum atomic E-state index is 6.02. The fourth-order valence-corrected chi connectivity index (χ4v) is 3.22. The van der Waals surface area contributed by atoms with E-state index in [-0.39, 0.29) is 0 Å². The molecule has 0 aliphatic rings. The van der Waals surface area contributed by atoms with Crippen LogP contribution in [-0.4, -0.2) is 37.8 Å². The van der Waals surface area contributed by atoms with Gasteiger partial charge in [-0.15, -0.1) is 0 Å². The molecule has 4 aromatic rings. The lowest BCUT2D eigenvalue weighted by Gasteiger charge is -2.18.